The first-order valence-electron chi connectivity index (χ1n) is 3.23. The molecule has 0 heterocycles. The molecule has 16 heavy (non-hydrogen) atoms. The van der Waals surface area contributed by atoms with Crippen LogP contribution < -0.4 is 15.3 Å². The van der Waals surface area contributed by atoms with E-state index in [1.165, 1.54) is 0 Å². The van der Waals surface area contributed by atoms with Crippen molar-refractivity contribution in [2.45, 2.75) is 0 Å². The number of carboxylic acid groups (broad SMARTS) is 3. The zero-order valence-corrected chi connectivity index (χ0v) is 9.33. The maximum atomic E-state index is 9.01. The second kappa shape index (κ2) is 20.0. The predicted molar refractivity (Wildman–Crippen MR) is 36.3 cm³/mol. The van der Waals surface area contributed by atoms with Gasteiger partial charge in [0.15, 0.2) is 0 Å². The first-order valence-corrected chi connectivity index (χ1v) is 3.23. The van der Waals surface area contributed by atoms with Crippen molar-refractivity contribution in [1.82, 2.24) is 0 Å². The Labute approximate surface area is 119 Å². The fourth-order valence-corrected chi connectivity index (χ4v) is 0. The van der Waals surface area contributed by atoms with Crippen LogP contribution >= 0.6 is 0 Å². The van der Waals surface area contributed by atoms with E-state index in [9.17, 15) is 0 Å². The molecule has 0 aromatic rings. The molecule has 0 aliphatic rings. The van der Waals surface area contributed by atoms with Gasteiger partial charge in [0.1, 0.15) is 0 Å². The van der Waals surface area contributed by atoms with Gasteiger partial charge in [0.2, 0.25) is 0 Å². The molecule has 0 amide bonds. The van der Waals surface area contributed by atoms with Crippen LogP contribution in [0.15, 0.2) is 0 Å². The number of aliphatic hydroxyl groups excluding tert-OH is 3. The van der Waals surface area contributed by atoms with Crippen molar-refractivity contribution < 1.29 is 81.9 Å². The van der Waals surface area contributed by atoms with Crippen LogP contribution in [0.2, 0.25) is 0 Å². The SMILES string of the molecule is O=C([O-])CO.O=C([O-])CO.O=C([O-])CO.[Lu+3]. The van der Waals surface area contributed by atoms with Crippen molar-refractivity contribution in [3.8, 4) is 0 Å². The van der Waals surface area contributed by atoms with Crippen LogP contribution in [0, 0.1) is 36.9 Å². The summed E-state index contributed by atoms with van der Waals surface area (Å²) in [6, 6.07) is 0. The van der Waals surface area contributed by atoms with E-state index < -0.39 is 37.7 Å². The van der Waals surface area contributed by atoms with Crippen molar-refractivity contribution in [3.05, 3.63) is 0 Å². The average molecular weight is 400 g/mol. The van der Waals surface area contributed by atoms with Crippen molar-refractivity contribution in [2.24, 2.45) is 0 Å². The van der Waals surface area contributed by atoms with Crippen LogP contribution in [-0.2, 0) is 14.4 Å². The van der Waals surface area contributed by atoms with Gasteiger partial charge >= 0.3 is 36.9 Å². The Morgan fingerprint density at radius 2 is 0.750 bits per heavy atom. The fraction of sp³-hybridized carbons (Fsp3) is 0.500. The number of carbonyl (C=O) groups excluding carboxylic acids is 3. The largest absolute Gasteiger partial charge is 3.00 e. The molecule has 0 bridgehead atoms. The Balaban J connectivity index is -0.0000000655. The molecule has 10 heteroatoms. The fourth-order valence-electron chi connectivity index (χ4n) is 0. The summed E-state index contributed by atoms with van der Waals surface area (Å²) >= 11 is 0. The minimum Gasteiger partial charge on any atom is -0.548 e. The normalized spacial score (nSPS) is 6.94. The monoisotopic (exact) mass is 400 g/mol. The quantitative estimate of drug-likeness (QED) is 0.415. The van der Waals surface area contributed by atoms with Gasteiger partial charge in [-0.2, -0.15) is 0 Å². The van der Waals surface area contributed by atoms with Gasteiger partial charge in [-0.05, 0) is 0 Å². The van der Waals surface area contributed by atoms with E-state index in [0.717, 1.165) is 0 Å². The molecule has 102 valence electrons. The summed E-state index contributed by atoms with van der Waals surface area (Å²) in [5, 5.41) is 49.5. The zero-order valence-electron chi connectivity index (χ0n) is 7.67. The molecule has 0 saturated carbocycles. The molecular weight excluding hydrogens is 391 g/mol. The molecule has 0 aromatic heterocycles. The predicted octanol–water partition coefficient (Wildman–Crippen LogP) is -6.81. The number of aliphatic carboxylic acids is 3. The molecule has 0 unspecified atom stereocenters. The van der Waals surface area contributed by atoms with Gasteiger partial charge < -0.3 is 45.0 Å². The molecule has 3 N–H and O–H groups in total. The van der Waals surface area contributed by atoms with Crippen LogP contribution in [-0.4, -0.2) is 53.0 Å². The van der Waals surface area contributed by atoms with Gasteiger partial charge in [-0.15, -0.1) is 0 Å². The molecule has 0 fully saturated rings. The van der Waals surface area contributed by atoms with E-state index in [1.807, 2.05) is 0 Å². The Morgan fingerprint density at radius 3 is 0.750 bits per heavy atom. The third kappa shape index (κ3) is 69.5. The Morgan fingerprint density at radius 1 is 0.688 bits per heavy atom. The zero-order chi connectivity index (χ0) is 12.9. The molecule has 0 radical (unpaired) electrons. The third-order valence-electron chi connectivity index (χ3n) is 0.387. The minimum absolute atomic E-state index is 0. The number of hydrogen-bond acceptors (Lipinski definition) is 9. The van der Waals surface area contributed by atoms with Gasteiger partial charge in [-0.25, -0.2) is 0 Å². The topological polar surface area (TPSA) is 181 Å². The second-order valence-corrected chi connectivity index (χ2v) is 1.59. The Bertz CT molecular complexity index is 159. The van der Waals surface area contributed by atoms with Crippen LogP contribution in [0.4, 0.5) is 0 Å². The molecule has 0 aliphatic carbocycles. The molecule has 0 atom stereocenters. The first kappa shape index (κ1) is 24.7. The van der Waals surface area contributed by atoms with E-state index in [1.54, 1.807) is 0 Å². The molecular formula is C6H9LuO9. The minimum atomic E-state index is -1.44. The van der Waals surface area contributed by atoms with Gasteiger partial charge in [0.25, 0.3) is 0 Å². The number of carboxylic acids is 3. The summed E-state index contributed by atoms with van der Waals surface area (Å²) in [6.07, 6.45) is 0. The molecule has 0 aromatic carbocycles. The van der Waals surface area contributed by atoms with Gasteiger partial charge in [-0.1, -0.05) is 0 Å². The Hall–Kier alpha value is -0.476. The summed E-state index contributed by atoms with van der Waals surface area (Å²) in [6.45, 7) is -2.67. The maximum Gasteiger partial charge on any atom is 3.00 e. The van der Waals surface area contributed by atoms with Crippen molar-refractivity contribution in [2.75, 3.05) is 19.8 Å². The molecule has 0 rings (SSSR count). The first-order chi connectivity index (χ1) is 6.81. The molecule has 0 aliphatic heterocycles. The molecule has 9 nitrogen and oxygen atoms in total. The van der Waals surface area contributed by atoms with Crippen LogP contribution in [0.3, 0.4) is 0 Å². The van der Waals surface area contributed by atoms with Gasteiger partial charge in [-0.3, -0.25) is 0 Å². The van der Waals surface area contributed by atoms with E-state index in [-0.39, 0.29) is 36.9 Å². The summed E-state index contributed by atoms with van der Waals surface area (Å²) in [5.74, 6) is -4.32. The van der Waals surface area contributed by atoms with Crippen molar-refractivity contribution in [3.63, 3.8) is 0 Å². The van der Waals surface area contributed by atoms with Crippen molar-refractivity contribution >= 4 is 17.9 Å². The van der Waals surface area contributed by atoms with Crippen LogP contribution in [0.1, 0.15) is 0 Å². The van der Waals surface area contributed by atoms with Gasteiger partial charge in [0, 0.05) is 0 Å². The van der Waals surface area contributed by atoms with Crippen molar-refractivity contribution in [1.29, 1.82) is 0 Å². The van der Waals surface area contributed by atoms with E-state index in [4.69, 9.17) is 45.0 Å². The van der Waals surface area contributed by atoms with Crippen LogP contribution in [0.25, 0.3) is 0 Å². The summed E-state index contributed by atoms with van der Waals surface area (Å²) < 4.78 is 0. The maximum absolute atomic E-state index is 9.01. The number of aliphatic hydroxyl groups is 3. The summed E-state index contributed by atoms with van der Waals surface area (Å²) in [5.41, 5.74) is 0. The number of carbonyl (C=O) groups is 3. The Kier molecular flexibility index (Phi) is 30.8. The average Bonchev–Trinajstić information content (AvgIpc) is 2.19. The van der Waals surface area contributed by atoms with E-state index in [0.29, 0.717) is 0 Å². The van der Waals surface area contributed by atoms with E-state index >= 15 is 0 Å². The molecule has 0 spiro atoms. The summed E-state index contributed by atoms with van der Waals surface area (Å²) in [4.78, 5) is 27.0. The summed E-state index contributed by atoms with van der Waals surface area (Å²) in [7, 11) is 0. The standard InChI is InChI=1S/3C2H4O3.Lu/c3*3-1-2(4)5;/h3*3H,1H2,(H,4,5);/q;;;+3/p-3. The third-order valence-corrected chi connectivity index (χ3v) is 0.387. The van der Waals surface area contributed by atoms with E-state index in [2.05, 4.69) is 0 Å². The second-order valence-electron chi connectivity index (χ2n) is 1.59. The smallest absolute Gasteiger partial charge is 0.548 e. The van der Waals surface area contributed by atoms with Crippen LogP contribution in [0.5, 0.6) is 0 Å². The van der Waals surface area contributed by atoms with Gasteiger partial charge in [0.05, 0.1) is 37.7 Å². The number of hydrogen-bond donors (Lipinski definition) is 3. The molecule has 0 saturated heterocycles. The number of rotatable bonds is 3.